The molecule has 1 heterocycles. The summed E-state index contributed by atoms with van der Waals surface area (Å²) in [6, 6.07) is -0.832. The number of rotatable bonds is 2. The molecule has 0 bridgehead atoms. The maximum atomic E-state index is 13.1. The van der Waals surface area contributed by atoms with Crippen LogP contribution in [-0.2, 0) is 0 Å². The standard InChI is InChI=1S/C16H27F3N4O7/c1-11-9-22(13(26)27)7-6-21(12(24)25)5-3-20(4-8-23(11)14(28)29)10-15(2,30)16(17,18)19/h11,30H,3-10H2,1-2H3,(H,24,25)(H,26,27)(H,28,29). The Labute approximate surface area is 170 Å². The molecule has 174 valence electrons. The summed E-state index contributed by atoms with van der Waals surface area (Å²) < 4.78 is 39.2. The van der Waals surface area contributed by atoms with E-state index in [0.717, 1.165) is 19.6 Å². The van der Waals surface area contributed by atoms with Crippen molar-refractivity contribution in [3.8, 4) is 0 Å². The van der Waals surface area contributed by atoms with Crippen molar-refractivity contribution in [1.29, 1.82) is 0 Å². The van der Waals surface area contributed by atoms with Crippen molar-refractivity contribution < 1.29 is 48.0 Å². The molecule has 1 aliphatic heterocycles. The molecule has 0 aliphatic carbocycles. The lowest BCUT2D eigenvalue weighted by molar-refractivity contribution is -0.257. The molecule has 14 heteroatoms. The Hall–Kier alpha value is -2.48. The van der Waals surface area contributed by atoms with Crippen molar-refractivity contribution in [3.05, 3.63) is 0 Å². The summed E-state index contributed by atoms with van der Waals surface area (Å²) in [5.41, 5.74) is -3.09. The third-order valence-electron chi connectivity index (χ3n) is 4.93. The van der Waals surface area contributed by atoms with Gasteiger partial charge in [-0.3, -0.25) is 4.90 Å². The van der Waals surface area contributed by atoms with Gasteiger partial charge in [0, 0.05) is 58.4 Å². The molecule has 2 unspecified atom stereocenters. The smallest absolute Gasteiger partial charge is 0.418 e. The molecule has 3 amide bonds. The number of aliphatic hydroxyl groups is 1. The average Bonchev–Trinajstić information content (AvgIpc) is 2.56. The molecule has 0 spiro atoms. The SMILES string of the molecule is CC1CN(C(=O)O)CCN(C(=O)O)CCN(CC(C)(O)C(F)(F)F)CCN1C(=O)O. The van der Waals surface area contributed by atoms with Gasteiger partial charge < -0.3 is 35.1 Å². The molecule has 0 saturated carbocycles. The van der Waals surface area contributed by atoms with Gasteiger partial charge in [0.25, 0.3) is 0 Å². The second-order valence-electron chi connectivity index (χ2n) is 7.37. The first-order valence-electron chi connectivity index (χ1n) is 9.12. The predicted molar refractivity (Wildman–Crippen MR) is 96.5 cm³/mol. The Kier molecular flexibility index (Phi) is 8.53. The molecule has 0 aromatic rings. The number of hydrogen-bond donors (Lipinski definition) is 4. The zero-order valence-corrected chi connectivity index (χ0v) is 16.7. The average molecular weight is 444 g/mol. The number of alkyl halides is 3. The van der Waals surface area contributed by atoms with Crippen LogP contribution in [0, 0.1) is 0 Å². The van der Waals surface area contributed by atoms with Gasteiger partial charge in [-0.15, -0.1) is 0 Å². The second-order valence-corrected chi connectivity index (χ2v) is 7.37. The molecule has 0 aromatic heterocycles. The lowest BCUT2D eigenvalue weighted by Gasteiger charge is -2.37. The largest absolute Gasteiger partial charge is 0.465 e. The molecule has 2 atom stereocenters. The molecule has 0 radical (unpaired) electrons. The van der Waals surface area contributed by atoms with E-state index in [1.165, 1.54) is 6.92 Å². The number of carbonyl (C=O) groups is 3. The third-order valence-corrected chi connectivity index (χ3v) is 4.93. The lowest BCUT2D eigenvalue weighted by atomic mass is 10.1. The Bertz CT molecular complexity index is 632. The highest BCUT2D eigenvalue weighted by atomic mass is 19.4. The Morgan fingerprint density at radius 3 is 1.80 bits per heavy atom. The van der Waals surface area contributed by atoms with E-state index in [0.29, 0.717) is 6.92 Å². The Morgan fingerprint density at radius 1 is 0.867 bits per heavy atom. The van der Waals surface area contributed by atoms with Gasteiger partial charge in [0.15, 0.2) is 5.60 Å². The summed E-state index contributed by atoms with van der Waals surface area (Å²) in [5, 5.41) is 37.8. The van der Waals surface area contributed by atoms with E-state index in [9.17, 15) is 48.0 Å². The third kappa shape index (κ3) is 7.09. The van der Waals surface area contributed by atoms with E-state index in [2.05, 4.69) is 0 Å². The minimum absolute atomic E-state index is 0.215. The van der Waals surface area contributed by atoms with Crippen LogP contribution in [0.1, 0.15) is 13.8 Å². The highest BCUT2D eigenvalue weighted by Gasteiger charge is 2.50. The predicted octanol–water partition coefficient (Wildman–Crippen LogP) is 0.944. The Balaban J connectivity index is 3.13. The van der Waals surface area contributed by atoms with Crippen LogP contribution in [0.4, 0.5) is 27.6 Å². The lowest BCUT2D eigenvalue weighted by Crippen LogP contribution is -2.56. The number of nitrogens with zero attached hydrogens (tertiary/aromatic N) is 4. The fraction of sp³-hybridized carbons (Fsp3) is 0.812. The summed E-state index contributed by atoms with van der Waals surface area (Å²) in [5.74, 6) is 0. The minimum Gasteiger partial charge on any atom is -0.465 e. The summed E-state index contributed by atoms with van der Waals surface area (Å²) in [4.78, 5) is 38.2. The summed E-state index contributed by atoms with van der Waals surface area (Å²) in [6.07, 6.45) is -9.04. The van der Waals surface area contributed by atoms with E-state index < -0.39 is 42.6 Å². The van der Waals surface area contributed by atoms with Crippen LogP contribution in [0.5, 0.6) is 0 Å². The van der Waals surface area contributed by atoms with E-state index in [1.54, 1.807) is 0 Å². The van der Waals surface area contributed by atoms with Crippen molar-refractivity contribution in [2.24, 2.45) is 0 Å². The van der Waals surface area contributed by atoms with E-state index in [4.69, 9.17) is 0 Å². The number of β-amino-alcohol motifs (C(OH)–C–C–N with tert-alkyl or cyclic N) is 1. The molecule has 0 aromatic carbocycles. The van der Waals surface area contributed by atoms with Crippen LogP contribution < -0.4 is 0 Å². The summed E-state index contributed by atoms with van der Waals surface area (Å²) in [7, 11) is 0. The fourth-order valence-electron chi connectivity index (χ4n) is 3.04. The van der Waals surface area contributed by atoms with Crippen LogP contribution in [0.3, 0.4) is 0 Å². The van der Waals surface area contributed by atoms with Crippen molar-refractivity contribution >= 4 is 18.3 Å². The first kappa shape index (κ1) is 25.6. The molecule has 11 nitrogen and oxygen atoms in total. The van der Waals surface area contributed by atoms with Crippen LogP contribution in [0.15, 0.2) is 0 Å². The van der Waals surface area contributed by atoms with Crippen molar-refractivity contribution in [2.75, 3.05) is 52.4 Å². The molecule has 30 heavy (non-hydrogen) atoms. The Morgan fingerprint density at radius 2 is 1.33 bits per heavy atom. The number of hydrogen-bond acceptors (Lipinski definition) is 5. The van der Waals surface area contributed by atoms with Crippen LogP contribution >= 0.6 is 0 Å². The van der Waals surface area contributed by atoms with Crippen LogP contribution in [-0.4, -0.2) is 128 Å². The van der Waals surface area contributed by atoms with Crippen LogP contribution in [0.25, 0.3) is 0 Å². The summed E-state index contributed by atoms with van der Waals surface area (Å²) >= 11 is 0. The van der Waals surface area contributed by atoms with Crippen LogP contribution in [0.2, 0.25) is 0 Å². The highest BCUT2D eigenvalue weighted by molar-refractivity contribution is 5.67. The molecule has 4 N–H and O–H groups in total. The summed E-state index contributed by atoms with van der Waals surface area (Å²) in [6.45, 7) is -0.518. The molecule has 1 rings (SSSR count). The van der Waals surface area contributed by atoms with E-state index in [1.807, 2.05) is 0 Å². The van der Waals surface area contributed by atoms with Gasteiger partial charge in [0.1, 0.15) is 0 Å². The zero-order valence-electron chi connectivity index (χ0n) is 16.7. The maximum Gasteiger partial charge on any atom is 0.418 e. The first-order chi connectivity index (χ1) is 13.7. The monoisotopic (exact) mass is 444 g/mol. The topological polar surface area (TPSA) is 145 Å². The van der Waals surface area contributed by atoms with Crippen molar-refractivity contribution in [1.82, 2.24) is 19.6 Å². The van der Waals surface area contributed by atoms with Gasteiger partial charge in [-0.2, -0.15) is 13.2 Å². The fourth-order valence-corrected chi connectivity index (χ4v) is 3.04. The van der Waals surface area contributed by atoms with Crippen molar-refractivity contribution in [2.45, 2.75) is 31.7 Å². The molecular weight excluding hydrogens is 417 g/mol. The number of amides is 3. The van der Waals surface area contributed by atoms with Gasteiger partial charge >= 0.3 is 24.5 Å². The van der Waals surface area contributed by atoms with Crippen molar-refractivity contribution in [3.63, 3.8) is 0 Å². The van der Waals surface area contributed by atoms with E-state index >= 15 is 0 Å². The quantitative estimate of drug-likeness (QED) is 0.493. The molecule has 1 aliphatic rings. The second kappa shape index (κ2) is 10.0. The molecule has 1 saturated heterocycles. The number of carboxylic acid groups (broad SMARTS) is 3. The van der Waals surface area contributed by atoms with Gasteiger partial charge in [0.05, 0.1) is 0 Å². The normalized spacial score (nSPS) is 22.6. The molecular formula is C16H27F3N4O7. The molecule has 1 fully saturated rings. The minimum atomic E-state index is -4.94. The highest BCUT2D eigenvalue weighted by Crippen LogP contribution is 2.30. The number of halogens is 3. The zero-order chi connectivity index (χ0) is 23.3. The first-order valence-corrected chi connectivity index (χ1v) is 9.12. The van der Waals surface area contributed by atoms with E-state index in [-0.39, 0.29) is 45.8 Å². The van der Waals surface area contributed by atoms with Gasteiger partial charge in [-0.05, 0) is 13.8 Å². The maximum absolute atomic E-state index is 13.1. The van der Waals surface area contributed by atoms with Gasteiger partial charge in [-0.1, -0.05) is 0 Å². The van der Waals surface area contributed by atoms with Gasteiger partial charge in [0.2, 0.25) is 0 Å². The van der Waals surface area contributed by atoms with Gasteiger partial charge in [-0.25, -0.2) is 14.4 Å².